The molecule has 2 aromatic carbocycles. The van der Waals surface area contributed by atoms with Crippen molar-refractivity contribution in [2.75, 3.05) is 31.1 Å². The third kappa shape index (κ3) is 4.79. The number of benzene rings is 2. The van der Waals surface area contributed by atoms with Crippen molar-refractivity contribution in [1.29, 1.82) is 0 Å². The first-order chi connectivity index (χ1) is 13.6. The van der Waals surface area contributed by atoms with Crippen LogP contribution < -0.4 is 4.90 Å². The Balaban J connectivity index is 1.58. The largest absolute Gasteiger partial charge is 0.361 e. The minimum absolute atomic E-state index is 0.258. The lowest BCUT2D eigenvalue weighted by Gasteiger charge is -2.44. The highest BCUT2D eigenvalue weighted by Gasteiger charge is 2.31. The molecule has 2 aliphatic rings. The maximum Gasteiger partial charge on any atom is 0.0670 e. The molecule has 2 fully saturated rings. The van der Waals surface area contributed by atoms with Gasteiger partial charge >= 0.3 is 0 Å². The molecule has 1 aliphatic carbocycles. The van der Waals surface area contributed by atoms with Gasteiger partial charge in [0.2, 0.25) is 0 Å². The number of anilines is 1. The Morgan fingerprint density at radius 2 is 1.54 bits per heavy atom. The molecule has 1 aliphatic heterocycles. The first-order valence-corrected chi connectivity index (χ1v) is 11.4. The minimum atomic E-state index is 0.258. The van der Waals surface area contributed by atoms with Gasteiger partial charge in [0.05, 0.1) is 16.8 Å². The maximum absolute atomic E-state index is 6.57. The Hall–Kier alpha value is -0.930. The predicted molar refractivity (Wildman–Crippen MR) is 121 cm³/mol. The van der Waals surface area contributed by atoms with E-state index in [9.17, 15) is 0 Å². The van der Waals surface area contributed by atoms with Gasteiger partial charge in [0.25, 0.3) is 0 Å². The van der Waals surface area contributed by atoms with Gasteiger partial charge in [-0.15, -0.1) is 0 Å². The molecule has 1 saturated heterocycles. The molecule has 0 N–H and O–H groups in total. The molecule has 2 aromatic rings. The van der Waals surface area contributed by atoms with E-state index >= 15 is 0 Å². The first kappa shape index (κ1) is 20.3. The fourth-order valence-corrected chi connectivity index (χ4v) is 5.36. The lowest BCUT2D eigenvalue weighted by molar-refractivity contribution is 0.171. The smallest absolute Gasteiger partial charge is 0.0670 e. The molecule has 0 spiro atoms. The zero-order valence-corrected chi connectivity index (χ0v) is 18.4. The highest BCUT2D eigenvalue weighted by molar-refractivity contribution is 6.36. The number of piperazine rings is 1. The lowest BCUT2D eigenvalue weighted by Crippen LogP contribution is -2.50. The van der Waals surface area contributed by atoms with E-state index in [0.29, 0.717) is 10.0 Å². The SMILES string of the molecule is Clc1ccc(C2CN(CC3CCCCC3)CCN2c2ccc(Cl)cc2Cl)cc1. The Kier molecular flexibility index (Phi) is 6.73. The van der Waals surface area contributed by atoms with E-state index in [0.717, 1.165) is 36.3 Å². The Morgan fingerprint density at radius 1 is 0.821 bits per heavy atom. The second-order valence-corrected chi connectivity index (χ2v) is 9.40. The molecule has 4 rings (SSSR count). The van der Waals surface area contributed by atoms with Crippen molar-refractivity contribution < 1.29 is 0 Å². The molecular weight excluding hydrogens is 411 g/mol. The van der Waals surface area contributed by atoms with E-state index in [4.69, 9.17) is 34.8 Å². The molecule has 0 radical (unpaired) electrons. The zero-order chi connectivity index (χ0) is 19.5. The molecule has 28 heavy (non-hydrogen) atoms. The maximum atomic E-state index is 6.57. The molecule has 1 saturated carbocycles. The van der Waals surface area contributed by atoms with Crippen molar-refractivity contribution in [1.82, 2.24) is 4.90 Å². The molecule has 1 atom stereocenters. The quantitative estimate of drug-likeness (QED) is 0.503. The van der Waals surface area contributed by atoms with Gasteiger partial charge in [-0.25, -0.2) is 0 Å². The molecule has 1 heterocycles. The standard InChI is InChI=1S/C23H27Cl3N2/c24-19-8-6-18(7-9-19)23-16-27(15-17-4-2-1-3-5-17)12-13-28(23)22-11-10-20(25)14-21(22)26/h6-11,14,17,23H,1-5,12-13,15-16H2. The van der Waals surface area contributed by atoms with Gasteiger partial charge in [-0.05, 0) is 54.7 Å². The highest BCUT2D eigenvalue weighted by Crippen LogP contribution is 2.37. The lowest BCUT2D eigenvalue weighted by atomic mass is 9.88. The van der Waals surface area contributed by atoms with Gasteiger partial charge in [0.1, 0.15) is 0 Å². The molecule has 2 nitrogen and oxygen atoms in total. The summed E-state index contributed by atoms with van der Waals surface area (Å²) in [7, 11) is 0. The van der Waals surface area contributed by atoms with Crippen molar-refractivity contribution in [2.45, 2.75) is 38.1 Å². The van der Waals surface area contributed by atoms with Crippen molar-refractivity contribution >= 4 is 40.5 Å². The minimum Gasteiger partial charge on any atom is -0.361 e. The van der Waals surface area contributed by atoms with Crippen molar-refractivity contribution in [3.8, 4) is 0 Å². The molecule has 150 valence electrons. The number of rotatable bonds is 4. The van der Waals surface area contributed by atoms with Crippen LogP contribution in [0.2, 0.25) is 15.1 Å². The fraction of sp³-hybridized carbons (Fsp3) is 0.478. The van der Waals surface area contributed by atoms with Crippen LogP contribution >= 0.6 is 34.8 Å². The van der Waals surface area contributed by atoms with Crippen LogP contribution in [0, 0.1) is 5.92 Å². The summed E-state index contributed by atoms with van der Waals surface area (Å²) < 4.78 is 0. The second-order valence-electron chi connectivity index (χ2n) is 8.12. The highest BCUT2D eigenvalue weighted by atomic mass is 35.5. The summed E-state index contributed by atoms with van der Waals surface area (Å²) in [5.41, 5.74) is 2.34. The van der Waals surface area contributed by atoms with E-state index in [-0.39, 0.29) is 6.04 Å². The zero-order valence-electron chi connectivity index (χ0n) is 16.1. The van der Waals surface area contributed by atoms with Gasteiger partial charge in [0.15, 0.2) is 0 Å². The average molecular weight is 438 g/mol. The van der Waals surface area contributed by atoms with Crippen LogP contribution in [0.15, 0.2) is 42.5 Å². The van der Waals surface area contributed by atoms with Gasteiger partial charge in [0, 0.05) is 36.2 Å². The van der Waals surface area contributed by atoms with Gasteiger partial charge in [-0.2, -0.15) is 0 Å². The van der Waals surface area contributed by atoms with Gasteiger partial charge in [-0.1, -0.05) is 66.2 Å². The van der Waals surface area contributed by atoms with E-state index in [2.05, 4.69) is 21.9 Å². The molecule has 0 aromatic heterocycles. The fourth-order valence-electron chi connectivity index (χ4n) is 4.71. The summed E-state index contributed by atoms with van der Waals surface area (Å²) >= 11 is 18.8. The number of hydrogen-bond donors (Lipinski definition) is 0. The molecule has 5 heteroatoms. The second kappa shape index (κ2) is 9.26. The van der Waals surface area contributed by atoms with Crippen LogP contribution in [-0.4, -0.2) is 31.1 Å². The van der Waals surface area contributed by atoms with Crippen molar-refractivity contribution in [2.24, 2.45) is 5.92 Å². The molecule has 1 unspecified atom stereocenters. The molecular formula is C23H27Cl3N2. The summed E-state index contributed by atoms with van der Waals surface area (Å²) in [6, 6.07) is 14.3. The van der Waals surface area contributed by atoms with Gasteiger partial charge < -0.3 is 4.90 Å². The number of halogens is 3. The Labute approximate surface area is 183 Å². The van der Waals surface area contributed by atoms with E-state index in [1.165, 1.54) is 44.2 Å². The van der Waals surface area contributed by atoms with Crippen LogP contribution in [0.5, 0.6) is 0 Å². The van der Waals surface area contributed by atoms with Crippen molar-refractivity contribution in [3.63, 3.8) is 0 Å². The Morgan fingerprint density at radius 3 is 2.25 bits per heavy atom. The topological polar surface area (TPSA) is 6.48 Å². The van der Waals surface area contributed by atoms with E-state index in [1.807, 2.05) is 30.3 Å². The first-order valence-electron chi connectivity index (χ1n) is 10.3. The van der Waals surface area contributed by atoms with Crippen LogP contribution in [-0.2, 0) is 0 Å². The van der Waals surface area contributed by atoms with Gasteiger partial charge in [-0.3, -0.25) is 4.90 Å². The average Bonchev–Trinajstić information content (AvgIpc) is 2.70. The van der Waals surface area contributed by atoms with Crippen LogP contribution in [0.1, 0.15) is 43.7 Å². The Bertz CT molecular complexity index is 787. The summed E-state index contributed by atoms with van der Waals surface area (Å²) in [5, 5.41) is 2.16. The number of nitrogens with zero attached hydrogens (tertiary/aromatic N) is 2. The van der Waals surface area contributed by atoms with Crippen LogP contribution in [0.25, 0.3) is 0 Å². The summed E-state index contributed by atoms with van der Waals surface area (Å²) in [4.78, 5) is 5.08. The third-order valence-corrected chi connectivity index (χ3v) is 6.97. The number of hydrogen-bond acceptors (Lipinski definition) is 2. The normalized spacial score (nSPS) is 21.8. The van der Waals surface area contributed by atoms with Crippen molar-refractivity contribution in [3.05, 3.63) is 63.1 Å². The third-order valence-electron chi connectivity index (χ3n) is 6.18. The molecule has 0 bridgehead atoms. The predicted octanol–water partition coefficient (Wildman–Crippen LogP) is 7.09. The monoisotopic (exact) mass is 436 g/mol. The van der Waals surface area contributed by atoms with Crippen LogP contribution in [0.4, 0.5) is 5.69 Å². The van der Waals surface area contributed by atoms with E-state index < -0.39 is 0 Å². The summed E-state index contributed by atoms with van der Waals surface area (Å²) in [6.45, 7) is 4.25. The van der Waals surface area contributed by atoms with Crippen LogP contribution in [0.3, 0.4) is 0 Å². The van der Waals surface area contributed by atoms with E-state index in [1.54, 1.807) is 0 Å². The summed E-state index contributed by atoms with van der Waals surface area (Å²) in [6.07, 6.45) is 6.97. The summed E-state index contributed by atoms with van der Waals surface area (Å²) in [5.74, 6) is 0.852. The molecule has 0 amide bonds.